The molecule has 0 bridgehead atoms. The van der Waals surface area contributed by atoms with Gasteiger partial charge in [0.1, 0.15) is 12.4 Å². The van der Waals surface area contributed by atoms with E-state index in [1.54, 1.807) is 0 Å². The maximum absolute atomic E-state index is 11.8. The summed E-state index contributed by atoms with van der Waals surface area (Å²) in [6.45, 7) is 0. The minimum Gasteiger partial charge on any atom is -0.0541 e. The minimum atomic E-state index is 0.389. The molecule has 1 aromatic heterocycles. The Morgan fingerprint density at radius 2 is 2.43 bits per heavy atom. The Morgan fingerprint density at radius 3 is 2.71 bits per heavy atom. The van der Waals surface area contributed by atoms with Crippen LogP contribution in [0.1, 0.15) is 0 Å². The van der Waals surface area contributed by atoms with Crippen LogP contribution in [0, 0.1) is 0 Å². The number of rotatable bonds is 0. The molecule has 0 unspecified atom stereocenters. The van der Waals surface area contributed by atoms with Crippen LogP contribution in [0.25, 0.3) is 0 Å². The molecule has 0 aliphatic rings. The summed E-state index contributed by atoms with van der Waals surface area (Å²) in [6, 6.07) is 1.51. The number of hydrogen-bond acceptors (Lipinski definition) is 1. The zero-order chi connectivity index (χ0) is 5.11. The third-order valence-corrected chi connectivity index (χ3v) is 0.578. The van der Waals surface area contributed by atoms with Crippen molar-refractivity contribution in [3.8, 4) is 0 Å². The molecular formula is C4H4FN2+. The molecule has 0 atom stereocenters. The topological polar surface area (TPSA) is 16.8 Å². The van der Waals surface area contributed by atoms with Crippen LogP contribution in [-0.2, 0) is 0 Å². The Balaban J connectivity index is 3.02. The van der Waals surface area contributed by atoms with Gasteiger partial charge >= 0.3 is 6.33 Å². The Hall–Kier alpha value is -0.990. The van der Waals surface area contributed by atoms with Crippen molar-refractivity contribution in [2.24, 2.45) is 0 Å². The number of nitrogens with zero attached hydrogens (tertiary/aromatic N) is 2. The molecule has 0 saturated heterocycles. The van der Waals surface area contributed by atoms with Crippen LogP contribution in [0.15, 0.2) is 24.8 Å². The van der Waals surface area contributed by atoms with Gasteiger partial charge in [0, 0.05) is 10.5 Å². The van der Waals surface area contributed by atoms with E-state index < -0.39 is 0 Å². The van der Waals surface area contributed by atoms with Crippen molar-refractivity contribution in [2.45, 2.75) is 0 Å². The number of aromatic nitrogens is 2. The lowest BCUT2D eigenvalue weighted by atomic mass is 10.7. The fourth-order valence-corrected chi connectivity index (χ4v) is 0.311. The molecule has 36 valence electrons. The monoisotopic (exact) mass is 99.0 g/mol. The quantitative estimate of drug-likeness (QED) is 0.450. The lowest BCUT2D eigenvalue weighted by Crippen LogP contribution is -2.20. The Labute approximate surface area is 40.2 Å². The van der Waals surface area contributed by atoms with Gasteiger partial charge in [-0.25, -0.2) is 0 Å². The first-order valence-electron chi connectivity index (χ1n) is 1.87. The van der Waals surface area contributed by atoms with Crippen LogP contribution in [0.2, 0.25) is 0 Å². The maximum Gasteiger partial charge on any atom is 0.321 e. The second kappa shape index (κ2) is 1.64. The molecule has 1 aromatic rings. The van der Waals surface area contributed by atoms with Crippen LogP contribution in [0.5, 0.6) is 0 Å². The smallest absolute Gasteiger partial charge is 0.0541 e. The maximum atomic E-state index is 11.8. The minimum absolute atomic E-state index is 0.389. The van der Waals surface area contributed by atoms with Crippen LogP contribution in [0.3, 0.4) is 0 Å². The molecule has 0 fully saturated rings. The Kier molecular flexibility index (Phi) is 0.978. The summed E-state index contributed by atoms with van der Waals surface area (Å²) in [5.74, 6) is 0. The van der Waals surface area contributed by atoms with E-state index in [0.29, 0.717) is 4.79 Å². The highest BCUT2D eigenvalue weighted by Gasteiger charge is 1.85. The van der Waals surface area contributed by atoms with Gasteiger partial charge in [-0.1, -0.05) is 4.98 Å². The molecule has 2 nitrogen and oxygen atoms in total. The summed E-state index contributed by atoms with van der Waals surface area (Å²) in [6.07, 6.45) is 3.86. The van der Waals surface area contributed by atoms with Gasteiger partial charge in [-0.2, -0.15) is 0 Å². The van der Waals surface area contributed by atoms with Gasteiger partial charge in [0.2, 0.25) is 0 Å². The highest BCUT2D eigenvalue weighted by molar-refractivity contribution is 4.68. The fourth-order valence-electron chi connectivity index (χ4n) is 0.311. The third kappa shape index (κ3) is 0.924. The van der Waals surface area contributed by atoms with E-state index in [0.717, 1.165) is 6.33 Å². The van der Waals surface area contributed by atoms with Gasteiger partial charge in [0.05, 0.1) is 0 Å². The van der Waals surface area contributed by atoms with Crippen molar-refractivity contribution in [2.75, 3.05) is 0 Å². The van der Waals surface area contributed by atoms with Crippen molar-refractivity contribution in [3.05, 3.63) is 24.8 Å². The van der Waals surface area contributed by atoms with E-state index in [2.05, 4.69) is 4.98 Å². The predicted octanol–water partition coefficient (Wildman–Crippen LogP) is 0.102. The van der Waals surface area contributed by atoms with Gasteiger partial charge in [0.25, 0.3) is 0 Å². The molecular weight excluding hydrogens is 95.1 g/mol. The summed E-state index contributed by atoms with van der Waals surface area (Å²) >= 11 is 0. The molecule has 7 heavy (non-hydrogen) atoms. The van der Waals surface area contributed by atoms with Gasteiger partial charge < -0.3 is 0 Å². The molecule has 0 N–H and O–H groups in total. The molecule has 0 saturated carbocycles. The van der Waals surface area contributed by atoms with E-state index in [-0.39, 0.29) is 0 Å². The molecule has 0 radical (unpaired) electrons. The lowest BCUT2D eigenvalue weighted by molar-refractivity contribution is -0.846. The zero-order valence-corrected chi connectivity index (χ0v) is 3.58. The second-order valence-electron chi connectivity index (χ2n) is 1.10. The average molecular weight is 99.1 g/mol. The molecule has 0 aromatic carbocycles. The predicted molar refractivity (Wildman–Crippen MR) is 20.9 cm³/mol. The van der Waals surface area contributed by atoms with E-state index in [4.69, 9.17) is 0 Å². The lowest BCUT2D eigenvalue weighted by Gasteiger charge is -1.70. The third-order valence-electron chi connectivity index (χ3n) is 0.578. The first-order chi connectivity index (χ1) is 3.39. The molecule has 1 heterocycles. The Morgan fingerprint density at radius 1 is 1.57 bits per heavy atom. The fraction of sp³-hybridized carbons (Fsp3) is 0. The summed E-state index contributed by atoms with van der Waals surface area (Å²) in [5, 5.41) is 0. The van der Waals surface area contributed by atoms with Crippen LogP contribution in [-0.4, -0.2) is 4.98 Å². The van der Waals surface area contributed by atoms with Crippen molar-refractivity contribution < 1.29 is 9.27 Å². The highest BCUT2D eigenvalue weighted by Crippen LogP contribution is 1.66. The highest BCUT2D eigenvalue weighted by atomic mass is 19.2. The van der Waals surface area contributed by atoms with Crippen LogP contribution >= 0.6 is 0 Å². The SMILES string of the molecule is F[n+]1cccnc1. The standard InChI is InChI=1S/C4H4FN2/c5-7-3-1-2-6-4-7/h1-4H/q+1. The summed E-state index contributed by atoms with van der Waals surface area (Å²) in [7, 11) is 0. The van der Waals surface area contributed by atoms with Crippen LogP contribution < -0.4 is 4.79 Å². The van der Waals surface area contributed by atoms with E-state index in [1.807, 2.05) is 0 Å². The molecule has 3 heteroatoms. The second-order valence-corrected chi connectivity index (χ2v) is 1.10. The Bertz CT molecular complexity index is 140. The molecule has 0 aliphatic carbocycles. The molecule has 0 amide bonds. The molecule has 0 spiro atoms. The summed E-state index contributed by atoms with van der Waals surface area (Å²) in [5.41, 5.74) is 0. The first kappa shape index (κ1) is 4.18. The normalized spacial score (nSPS) is 8.71. The van der Waals surface area contributed by atoms with Crippen molar-refractivity contribution in [1.82, 2.24) is 4.98 Å². The first-order valence-corrected chi connectivity index (χ1v) is 1.87. The van der Waals surface area contributed by atoms with Gasteiger partial charge in [-0.05, 0) is 4.79 Å². The van der Waals surface area contributed by atoms with E-state index in [9.17, 15) is 4.48 Å². The summed E-state index contributed by atoms with van der Waals surface area (Å²) < 4.78 is 11.8. The summed E-state index contributed by atoms with van der Waals surface area (Å²) in [4.78, 5) is 3.86. The van der Waals surface area contributed by atoms with E-state index in [1.165, 1.54) is 18.5 Å². The van der Waals surface area contributed by atoms with Crippen molar-refractivity contribution in [1.29, 1.82) is 0 Å². The van der Waals surface area contributed by atoms with Crippen molar-refractivity contribution in [3.63, 3.8) is 0 Å². The van der Waals surface area contributed by atoms with Gasteiger partial charge in [-0.3, -0.25) is 0 Å². The van der Waals surface area contributed by atoms with Gasteiger partial charge in [0.15, 0.2) is 0 Å². The molecule has 0 aliphatic heterocycles. The van der Waals surface area contributed by atoms with Crippen molar-refractivity contribution >= 4 is 0 Å². The molecule has 1 rings (SSSR count). The van der Waals surface area contributed by atoms with Crippen LogP contribution in [0.4, 0.5) is 4.48 Å². The number of halogens is 1. The largest absolute Gasteiger partial charge is 0.321 e. The average Bonchev–Trinajstić information content (AvgIpc) is 1.69. The van der Waals surface area contributed by atoms with Gasteiger partial charge in [-0.15, -0.1) is 0 Å². The number of hydrogen-bond donors (Lipinski definition) is 0. The zero-order valence-electron chi connectivity index (χ0n) is 3.58. The van der Waals surface area contributed by atoms with E-state index >= 15 is 0 Å².